The second-order valence-corrected chi connectivity index (χ2v) is 9.43. The first-order chi connectivity index (χ1) is 17.7. The molecule has 1 aromatic heterocycles. The molecule has 2 unspecified atom stereocenters. The number of aliphatic imine (C=N–C) groups is 1. The molecule has 6 N–H and O–H groups in total. The lowest BCUT2D eigenvalue weighted by atomic mass is 9.99. The Kier molecular flexibility index (Phi) is 10.9. The third-order valence-electron chi connectivity index (χ3n) is 5.57. The molecule has 37 heavy (non-hydrogen) atoms. The van der Waals surface area contributed by atoms with Crippen LogP contribution in [0.2, 0.25) is 0 Å². The van der Waals surface area contributed by atoms with E-state index in [1.54, 1.807) is 0 Å². The fourth-order valence-electron chi connectivity index (χ4n) is 3.38. The second-order valence-electron chi connectivity index (χ2n) is 8.46. The van der Waals surface area contributed by atoms with Crippen LogP contribution in [0, 0.1) is 0 Å². The molecule has 1 saturated heterocycles. The Bertz CT molecular complexity index is 935. The number of aliphatic hydroxyl groups excluding tert-OH is 4. The van der Waals surface area contributed by atoms with Crippen LogP contribution >= 0.6 is 11.8 Å². The molecule has 3 rings (SSSR count). The van der Waals surface area contributed by atoms with Crippen molar-refractivity contribution < 1.29 is 59.1 Å². The van der Waals surface area contributed by atoms with Crippen LogP contribution in [0.15, 0.2) is 17.3 Å². The number of thioether (sulfide) groups is 1. The van der Waals surface area contributed by atoms with Crippen molar-refractivity contribution in [2.24, 2.45) is 4.99 Å². The van der Waals surface area contributed by atoms with E-state index in [1.165, 1.54) is 30.9 Å². The van der Waals surface area contributed by atoms with E-state index in [0.29, 0.717) is 10.8 Å². The van der Waals surface area contributed by atoms with E-state index in [0.717, 1.165) is 0 Å². The van der Waals surface area contributed by atoms with Crippen LogP contribution in [-0.2, 0) is 23.7 Å². The van der Waals surface area contributed by atoms with E-state index in [2.05, 4.69) is 9.98 Å². The maximum absolute atomic E-state index is 11.3. The third kappa shape index (κ3) is 7.72. The van der Waals surface area contributed by atoms with Crippen LogP contribution in [0.1, 0.15) is 12.6 Å². The Labute approximate surface area is 216 Å². The van der Waals surface area contributed by atoms with Crippen molar-refractivity contribution >= 4 is 22.8 Å². The van der Waals surface area contributed by atoms with Crippen LogP contribution in [0.5, 0.6) is 11.5 Å². The molecule has 14 nitrogen and oxygen atoms in total. The maximum atomic E-state index is 11.3. The summed E-state index contributed by atoms with van der Waals surface area (Å²) in [5.74, 6) is -0.639. The molecule has 2 aliphatic heterocycles. The lowest BCUT2D eigenvalue weighted by Gasteiger charge is -2.39. The van der Waals surface area contributed by atoms with Crippen molar-refractivity contribution in [3.05, 3.63) is 18.0 Å². The van der Waals surface area contributed by atoms with Gasteiger partial charge in [0.2, 0.25) is 0 Å². The summed E-state index contributed by atoms with van der Waals surface area (Å²) in [5, 5.41) is 58.4. The van der Waals surface area contributed by atoms with E-state index >= 15 is 0 Å². The van der Waals surface area contributed by atoms with Crippen LogP contribution in [-0.4, -0.2) is 135 Å². The number of carboxylic acid groups (broad SMARTS) is 1. The van der Waals surface area contributed by atoms with Gasteiger partial charge >= 0.3 is 5.97 Å². The lowest BCUT2D eigenvalue weighted by molar-refractivity contribution is -0.302. The van der Waals surface area contributed by atoms with Crippen molar-refractivity contribution in [1.82, 2.24) is 4.98 Å². The molecule has 0 spiro atoms. The molecule has 2 aliphatic rings. The van der Waals surface area contributed by atoms with Gasteiger partial charge in [-0.1, -0.05) is 0 Å². The largest absolute Gasteiger partial charge is 0.505 e. The summed E-state index contributed by atoms with van der Waals surface area (Å²) in [5.41, 5.74) is -1.05. The average molecular weight is 549 g/mol. The summed E-state index contributed by atoms with van der Waals surface area (Å²) < 4.78 is 26.8. The summed E-state index contributed by atoms with van der Waals surface area (Å²) in [6, 6.07) is 1.38. The van der Waals surface area contributed by atoms with E-state index in [4.69, 9.17) is 28.8 Å². The quantitative estimate of drug-likeness (QED) is 0.144. The van der Waals surface area contributed by atoms with Gasteiger partial charge in [0, 0.05) is 11.8 Å². The molecular weight excluding hydrogens is 516 g/mol. The highest BCUT2D eigenvalue weighted by atomic mass is 32.2. The molecule has 0 saturated carbocycles. The molecule has 0 aromatic carbocycles. The van der Waals surface area contributed by atoms with Crippen molar-refractivity contribution in [2.45, 2.75) is 43.2 Å². The predicted molar refractivity (Wildman–Crippen MR) is 128 cm³/mol. The Morgan fingerprint density at radius 2 is 1.78 bits per heavy atom. The van der Waals surface area contributed by atoms with Gasteiger partial charge in [-0.05, 0) is 6.92 Å². The number of ether oxygens (including phenoxy) is 5. The Morgan fingerprint density at radius 3 is 2.41 bits per heavy atom. The number of hydrogen-bond acceptors (Lipinski definition) is 14. The minimum atomic E-state index is -1.50. The van der Waals surface area contributed by atoms with E-state index in [9.17, 15) is 30.3 Å². The van der Waals surface area contributed by atoms with E-state index < -0.39 is 48.8 Å². The highest BCUT2D eigenvalue weighted by Gasteiger charge is 2.44. The number of carboxylic acids is 1. The highest BCUT2D eigenvalue weighted by Crippen LogP contribution is 2.34. The summed E-state index contributed by atoms with van der Waals surface area (Å²) in [6.07, 6.45) is -5.23. The van der Waals surface area contributed by atoms with Crippen molar-refractivity contribution in [3.63, 3.8) is 0 Å². The Hall–Kier alpha value is -2.08. The number of aromatic hydroxyl groups is 1. The minimum Gasteiger partial charge on any atom is -0.505 e. The number of rotatable bonds is 14. The summed E-state index contributed by atoms with van der Waals surface area (Å²) >= 11 is 1.21. The molecular formula is C22H32N2O12S. The number of aliphatic carboxylic acids is 1. The van der Waals surface area contributed by atoms with Gasteiger partial charge in [-0.15, -0.1) is 11.8 Å². The number of pyridine rings is 1. The molecule has 0 radical (unpaired) electrons. The lowest BCUT2D eigenvalue weighted by Crippen LogP contribution is -2.59. The molecule has 15 heteroatoms. The van der Waals surface area contributed by atoms with E-state index in [-0.39, 0.29) is 56.8 Å². The van der Waals surface area contributed by atoms with Gasteiger partial charge < -0.3 is 54.3 Å². The normalized spacial score (nSPS) is 29.8. The predicted octanol–water partition coefficient (Wildman–Crippen LogP) is -1.65. The molecule has 6 atom stereocenters. The SMILES string of the molecule is C[C@]1(C(=O)O)CSC(c2ncc(OCCOCCOCCO[C@H]3OC(CO)[C@@H](O)[C@@H](O)C3O)cc2O)=N1. The van der Waals surface area contributed by atoms with Gasteiger partial charge in [-0.2, -0.15) is 0 Å². The van der Waals surface area contributed by atoms with Crippen molar-refractivity contribution in [2.75, 3.05) is 52.0 Å². The summed E-state index contributed by atoms with van der Waals surface area (Å²) in [7, 11) is 0. The van der Waals surface area contributed by atoms with Crippen LogP contribution < -0.4 is 4.74 Å². The molecule has 0 aliphatic carbocycles. The first kappa shape index (κ1) is 29.5. The fraction of sp³-hybridized carbons (Fsp3) is 0.682. The molecule has 1 fully saturated rings. The van der Waals surface area contributed by atoms with Gasteiger partial charge in [0.1, 0.15) is 53.3 Å². The average Bonchev–Trinajstić information content (AvgIpc) is 3.28. The molecule has 0 bridgehead atoms. The fourth-order valence-corrected chi connectivity index (χ4v) is 4.54. The van der Waals surface area contributed by atoms with Gasteiger partial charge in [-0.3, -0.25) is 4.99 Å². The monoisotopic (exact) mass is 548 g/mol. The number of carbonyl (C=O) groups is 1. The number of nitrogens with zero attached hydrogens (tertiary/aromatic N) is 2. The molecule has 208 valence electrons. The molecule has 1 aromatic rings. The number of aromatic nitrogens is 1. The van der Waals surface area contributed by atoms with Crippen LogP contribution in [0.4, 0.5) is 0 Å². The van der Waals surface area contributed by atoms with Crippen LogP contribution in [0.3, 0.4) is 0 Å². The Morgan fingerprint density at radius 1 is 1.11 bits per heavy atom. The second kappa shape index (κ2) is 13.6. The molecule has 3 heterocycles. The number of hydrogen-bond donors (Lipinski definition) is 6. The Balaban J connectivity index is 1.26. The van der Waals surface area contributed by atoms with E-state index in [1.807, 2.05) is 0 Å². The maximum Gasteiger partial charge on any atom is 0.332 e. The zero-order valence-corrected chi connectivity index (χ0v) is 21.0. The van der Waals surface area contributed by atoms with Crippen molar-refractivity contribution in [3.8, 4) is 11.5 Å². The first-order valence-electron chi connectivity index (χ1n) is 11.5. The van der Waals surface area contributed by atoms with Gasteiger partial charge in [0.05, 0.1) is 45.8 Å². The van der Waals surface area contributed by atoms with Crippen molar-refractivity contribution in [1.29, 1.82) is 0 Å². The standard InChI is InChI=1S/C22H32N2O12S/c1-22(21(30)31)11-37-19(24-22)15-13(26)8-12(9-23-15)34-6-4-32-2-3-33-5-7-35-20-18(29)17(28)16(27)14(10-25)36-20/h8-9,14,16-18,20,25-29H,2-7,10-11H2,1H3,(H,30,31)/t14?,16-,17-,18?,20+,22-/m1/s1. The highest BCUT2D eigenvalue weighted by molar-refractivity contribution is 8.14. The summed E-state index contributed by atoms with van der Waals surface area (Å²) in [6.45, 7) is 2.12. The third-order valence-corrected chi connectivity index (χ3v) is 6.84. The van der Waals surface area contributed by atoms with Crippen LogP contribution in [0.25, 0.3) is 0 Å². The van der Waals surface area contributed by atoms with Gasteiger partial charge in [0.25, 0.3) is 0 Å². The van der Waals surface area contributed by atoms with Gasteiger partial charge in [-0.25, -0.2) is 9.78 Å². The minimum absolute atomic E-state index is 0.0404. The topological polar surface area (TPSA) is 210 Å². The zero-order valence-electron chi connectivity index (χ0n) is 20.1. The number of aliphatic hydroxyl groups is 4. The smallest absolute Gasteiger partial charge is 0.332 e. The zero-order chi connectivity index (χ0) is 27.0. The van der Waals surface area contributed by atoms with Gasteiger partial charge in [0.15, 0.2) is 11.8 Å². The first-order valence-corrected chi connectivity index (χ1v) is 12.5. The summed E-state index contributed by atoms with van der Waals surface area (Å²) in [4.78, 5) is 19.6. The molecule has 0 amide bonds.